The Bertz CT molecular complexity index is 502. The van der Waals surface area contributed by atoms with E-state index >= 15 is 0 Å². The summed E-state index contributed by atoms with van der Waals surface area (Å²) < 4.78 is 9.80. The Balaban J connectivity index is 3.38. The molecule has 1 aromatic carbocycles. The summed E-state index contributed by atoms with van der Waals surface area (Å²) in [6, 6.07) is 3.28. The second-order valence-electron chi connectivity index (χ2n) is 3.52. The van der Waals surface area contributed by atoms with Gasteiger partial charge >= 0.3 is 11.9 Å². The van der Waals surface area contributed by atoms with Crippen molar-refractivity contribution < 1.29 is 24.2 Å². The monoisotopic (exact) mass is 250 g/mol. The van der Waals surface area contributed by atoms with Gasteiger partial charge in [0.25, 0.3) is 0 Å². The van der Waals surface area contributed by atoms with Crippen LogP contribution in [0.5, 0.6) is 5.75 Å². The number of hydrogen-bond acceptors (Lipinski definition) is 4. The third-order valence-electron chi connectivity index (χ3n) is 2.46. The quantitative estimate of drug-likeness (QED) is 0.652. The molecule has 0 aliphatic carbocycles. The minimum atomic E-state index is -1.08. The molecule has 0 saturated heterocycles. The molecule has 0 spiro atoms. The summed E-state index contributed by atoms with van der Waals surface area (Å²) in [5.74, 6) is -1.07. The number of methoxy groups -OCH3 is 2. The molecule has 0 amide bonds. The van der Waals surface area contributed by atoms with Gasteiger partial charge in [-0.05, 0) is 24.6 Å². The zero-order valence-corrected chi connectivity index (χ0v) is 10.4. The minimum absolute atomic E-state index is 0.300. The second kappa shape index (κ2) is 5.86. The van der Waals surface area contributed by atoms with Crippen molar-refractivity contribution in [1.82, 2.24) is 0 Å². The number of aliphatic carboxylic acids is 1. The van der Waals surface area contributed by atoms with Crippen LogP contribution in [0.4, 0.5) is 0 Å². The largest absolute Gasteiger partial charge is 0.496 e. The molecule has 0 aliphatic rings. The highest BCUT2D eigenvalue weighted by Gasteiger charge is 2.16. The molecule has 5 heteroatoms. The third-order valence-corrected chi connectivity index (χ3v) is 2.46. The van der Waals surface area contributed by atoms with Crippen molar-refractivity contribution in [1.29, 1.82) is 0 Å². The smallest absolute Gasteiger partial charge is 0.338 e. The van der Waals surface area contributed by atoms with Crippen LogP contribution in [-0.4, -0.2) is 31.3 Å². The van der Waals surface area contributed by atoms with Crippen molar-refractivity contribution in [3.05, 3.63) is 34.9 Å². The van der Waals surface area contributed by atoms with Gasteiger partial charge in [-0.3, -0.25) is 0 Å². The number of ether oxygens (including phenoxy) is 2. The van der Waals surface area contributed by atoms with Gasteiger partial charge in [0.2, 0.25) is 0 Å². The van der Waals surface area contributed by atoms with Gasteiger partial charge in [-0.2, -0.15) is 0 Å². The summed E-state index contributed by atoms with van der Waals surface area (Å²) in [7, 11) is 2.77. The minimum Gasteiger partial charge on any atom is -0.496 e. The van der Waals surface area contributed by atoms with Crippen LogP contribution >= 0.6 is 0 Å². The molecule has 1 rings (SSSR count). The van der Waals surface area contributed by atoms with Crippen molar-refractivity contribution in [3.8, 4) is 5.75 Å². The number of carboxylic acid groups (broad SMARTS) is 1. The Morgan fingerprint density at radius 3 is 2.44 bits per heavy atom. The predicted octanol–water partition coefficient (Wildman–Crippen LogP) is 1.89. The molecule has 0 fully saturated rings. The van der Waals surface area contributed by atoms with Crippen LogP contribution in [0.15, 0.2) is 18.2 Å². The van der Waals surface area contributed by atoms with E-state index in [0.29, 0.717) is 22.4 Å². The van der Waals surface area contributed by atoms with Gasteiger partial charge in [0.1, 0.15) is 5.75 Å². The van der Waals surface area contributed by atoms with Crippen LogP contribution in [0.1, 0.15) is 21.5 Å². The molecular formula is C13H14O5. The van der Waals surface area contributed by atoms with Gasteiger partial charge in [-0.25, -0.2) is 9.59 Å². The standard InChI is InChI=1S/C13H14O5/c1-8-10(17-2)6-4-9(5-7-11(14)15)12(8)13(16)18-3/h4-7H,1-3H3,(H,14,15). The zero-order chi connectivity index (χ0) is 13.7. The van der Waals surface area contributed by atoms with E-state index in [-0.39, 0.29) is 0 Å². The van der Waals surface area contributed by atoms with Crippen LogP contribution in [0, 0.1) is 6.92 Å². The van der Waals surface area contributed by atoms with Crippen LogP contribution < -0.4 is 4.74 Å². The highest BCUT2D eigenvalue weighted by atomic mass is 16.5. The predicted molar refractivity (Wildman–Crippen MR) is 65.7 cm³/mol. The van der Waals surface area contributed by atoms with Gasteiger partial charge in [0.05, 0.1) is 19.8 Å². The van der Waals surface area contributed by atoms with Gasteiger partial charge in [0.15, 0.2) is 0 Å². The summed E-state index contributed by atoms with van der Waals surface area (Å²) in [4.78, 5) is 22.2. The van der Waals surface area contributed by atoms with E-state index < -0.39 is 11.9 Å². The first kappa shape index (κ1) is 13.8. The lowest BCUT2D eigenvalue weighted by Crippen LogP contribution is -2.07. The first-order chi connectivity index (χ1) is 8.51. The number of esters is 1. The van der Waals surface area contributed by atoms with Crippen LogP contribution in [-0.2, 0) is 9.53 Å². The lowest BCUT2D eigenvalue weighted by molar-refractivity contribution is -0.131. The lowest BCUT2D eigenvalue weighted by atomic mass is 10.0. The summed E-state index contributed by atoms with van der Waals surface area (Å²) in [5, 5.41) is 8.60. The fourth-order valence-corrected chi connectivity index (χ4v) is 1.61. The Morgan fingerprint density at radius 1 is 1.28 bits per heavy atom. The number of rotatable bonds is 4. The number of hydrogen-bond donors (Lipinski definition) is 1. The molecule has 96 valence electrons. The Hall–Kier alpha value is -2.30. The Labute approximate surface area is 105 Å². The molecule has 1 N–H and O–H groups in total. The van der Waals surface area contributed by atoms with Gasteiger partial charge in [-0.15, -0.1) is 0 Å². The molecule has 0 heterocycles. The SMILES string of the molecule is COC(=O)c1c(C=CC(=O)O)ccc(OC)c1C. The van der Waals surface area contributed by atoms with Crippen molar-refractivity contribution in [2.45, 2.75) is 6.92 Å². The van der Waals surface area contributed by atoms with E-state index in [4.69, 9.17) is 9.84 Å². The van der Waals surface area contributed by atoms with Gasteiger partial charge in [-0.1, -0.05) is 6.07 Å². The first-order valence-corrected chi connectivity index (χ1v) is 5.18. The topological polar surface area (TPSA) is 72.8 Å². The zero-order valence-electron chi connectivity index (χ0n) is 10.4. The number of carbonyl (C=O) groups excluding carboxylic acids is 1. The molecule has 1 aromatic rings. The van der Waals surface area contributed by atoms with Crippen molar-refractivity contribution in [2.75, 3.05) is 14.2 Å². The maximum absolute atomic E-state index is 11.7. The average Bonchev–Trinajstić information content (AvgIpc) is 2.35. The van der Waals surface area contributed by atoms with E-state index in [1.165, 1.54) is 20.3 Å². The number of carbonyl (C=O) groups is 2. The highest BCUT2D eigenvalue weighted by molar-refractivity contribution is 5.97. The summed E-state index contributed by atoms with van der Waals surface area (Å²) in [5.41, 5.74) is 1.38. The van der Waals surface area contributed by atoms with Gasteiger partial charge in [0, 0.05) is 11.6 Å². The van der Waals surface area contributed by atoms with Crippen LogP contribution in [0.25, 0.3) is 6.08 Å². The average molecular weight is 250 g/mol. The fourth-order valence-electron chi connectivity index (χ4n) is 1.61. The third kappa shape index (κ3) is 2.88. The highest BCUT2D eigenvalue weighted by Crippen LogP contribution is 2.26. The maximum Gasteiger partial charge on any atom is 0.338 e. The fraction of sp³-hybridized carbons (Fsp3) is 0.231. The Morgan fingerprint density at radius 2 is 1.94 bits per heavy atom. The normalized spacial score (nSPS) is 10.4. The first-order valence-electron chi connectivity index (χ1n) is 5.18. The second-order valence-corrected chi connectivity index (χ2v) is 3.52. The molecule has 0 atom stereocenters. The van der Waals surface area contributed by atoms with Crippen molar-refractivity contribution >= 4 is 18.0 Å². The summed E-state index contributed by atoms with van der Waals surface area (Å²) >= 11 is 0. The van der Waals surface area contributed by atoms with Crippen LogP contribution in [0.3, 0.4) is 0 Å². The molecule has 0 saturated carbocycles. The Kier molecular flexibility index (Phi) is 4.48. The van der Waals surface area contributed by atoms with E-state index in [0.717, 1.165) is 6.08 Å². The number of benzene rings is 1. The molecule has 0 aromatic heterocycles. The van der Waals surface area contributed by atoms with E-state index in [1.54, 1.807) is 19.1 Å². The van der Waals surface area contributed by atoms with Gasteiger partial charge < -0.3 is 14.6 Å². The van der Waals surface area contributed by atoms with E-state index in [9.17, 15) is 9.59 Å². The summed E-state index contributed by atoms with van der Waals surface area (Å²) in [6.07, 6.45) is 2.31. The molecule has 5 nitrogen and oxygen atoms in total. The lowest BCUT2D eigenvalue weighted by Gasteiger charge is -2.11. The van der Waals surface area contributed by atoms with Crippen LogP contribution in [0.2, 0.25) is 0 Å². The maximum atomic E-state index is 11.7. The summed E-state index contributed by atoms with van der Waals surface area (Å²) in [6.45, 7) is 1.71. The van der Waals surface area contributed by atoms with Crippen molar-refractivity contribution in [3.63, 3.8) is 0 Å². The van der Waals surface area contributed by atoms with E-state index in [2.05, 4.69) is 4.74 Å². The molecule has 0 radical (unpaired) electrons. The molecular weight excluding hydrogens is 236 g/mol. The van der Waals surface area contributed by atoms with E-state index in [1.807, 2.05) is 0 Å². The molecule has 0 aliphatic heterocycles. The molecule has 0 unspecified atom stereocenters. The van der Waals surface area contributed by atoms with Crippen molar-refractivity contribution in [2.24, 2.45) is 0 Å². The number of carboxylic acids is 1. The molecule has 18 heavy (non-hydrogen) atoms. The molecule has 0 bridgehead atoms.